The molecule has 0 aliphatic rings. The van der Waals surface area contributed by atoms with Gasteiger partial charge in [0.2, 0.25) is 10.0 Å². The zero-order valence-corrected chi connectivity index (χ0v) is 17.2. The Morgan fingerprint density at radius 2 is 1.81 bits per heavy atom. The average molecular weight is 441 g/mol. The van der Waals surface area contributed by atoms with Gasteiger partial charge in [-0.2, -0.15) is 0 Å². The summed E-state index contributed by atoms with van der Waals surface area (Å²) in [7, 11) is -3.75. The van der Waals surface area contributed by atoms with Crippen LogP contribution < -0.4 is 21.1 Å². The third kappa shape index (κ3) is 5.05. The smallest absolute Gasteiger partial charge is 0.408 e. The van der Waals surface area contributed by atoms with Crippen molar-refractivity contribution in [2.75, 3.05) is 23.7 Å². The van der Waals surface area contributed by atoms with Gasteiger partial charge >= 0.3 is 5.76 Å². The molecule has 0 saturated carbocycles. The first-order valence-corrected chi connectivity index (χ1v) is 10.8. The second kappa shape index (κ2) is 8.53. The summed E-state index contributed by atoms with van der Waals surface area (Å²) in [6.45, 7) is 2.39. The second-order valence-electron chi connectivity index (χ2n) is 6.64. The third-order valence-corrected chi connectivity index (χ3v) is 5.72. The number of nitrogens with zero attached hydrogens (tertiary/aromatic N) is 3. The number of nitrogens with one attached hydrogen (secondary N) is 4. The van der Waals surface area contributed by atoms with E-state index < -0.39 is 15.8 Å². The maximum Gasteiger partial charge on any atom is 0.417 e. The number of pyridine rings is 1. The van der Waals surface area contributed by atoms with Gasteiger partial charge in [0.1, 0.15) is 11.6 Å². The van der Waals surface area contributed by atoms with Crippen LogP contribution in [-0.4, -0.2) is 41.7 Å². The van der Waals surface area contributed by atoms with Crippen LogP contribution in [-0.2, 0) is 10.0 Å². The molecule has 4 aromatic rings. The van der Waals surface area contributed by atoms with Gasteiger partial charge in [-0.3, -0.25) is 4.98 Å². The van der Waals surface area contributed by atoms with E-state index in [0.29, 0.717) is 35.1 Å². The molecule has 0 aliphatic heterocycles. The Kier molecular flexibility index (Phi) is 5.64. The number of aromatic nitrogens is 4. The molecule has 0 saturated heterocycles. The highest BCUT2D eigenvalue weighted by Gasteiger charge is 2.15. The molecule has 0 fully saturated rings. The zero-order valence-electron chi connectivity index (χ0n) is 16.4. The topological polar surface area (TPSA) is 155 Å². The van der Waals surface area contributed by atoms with Crippen LogP contribution in [0.1, 0.15) is 5.56 Å². The molecule has 3 heterocycles. The molecule has 0 atom stereocenters. The number of rotatable bonds is 8. The van der Waals surface area contributed by atoms with Gasteiger partial charge < -0.3 is 15.1 Å². The van der Waals surface area contributed by atoms with Crippen LogP contribution in [0.2, 0.25) is 0 Å². The number of H-pyrrole nitrogens is 1. The normalized spacial score (nSPS) is 11.5. The molecular weight excluding hydrogens is 422 g/mol. The molecule has 1 aromatic carbocycles. The summed E-state index contributed by atoms with van der Waals surface area (Å²) in [5.41, 5.74) is 1.68. The fraction of sp³-hybridized carbons (Fsp3) is 0.158. The van der Waals surface area contributed by atoms with E-state index in [2.05, 4.69) is 35.5 Å². The number of hydrogen-bond donors (Lipinski definition) is 4. The predicted octanol–water partition coefficient (Wildman–Crippen LogP) is 1.75. The number of aromatic amines is 1. The van der Waals surface area contributed by atoms with Crippen molar-refractivity contribution in [1.82, 2.24) is 24.9 Å². The van der Waals surface area contributed by atoms with Crippen molar-refractivity contribution in [3.63, 3.8) is 0 Å². The van der Waals surface area contributed by atoms with Crippen molar-refractivity contribution in [3.8, 4) is 0 Å². The van der Waals surface area contributed by atoms with Crippen LogP contribution in [0.4, 0.5) is 17.5 Å². The maximum absolute atomic E-state index is 12.4. The number of oxazole rings is 1. The standard InChI is InChI=1S/C19H19N7O4S/c1-12-6-7-20-18(10-12)24-17-5-4-16(25-26-17)21-8-9-22-31(28,29)13-2-3-15-14(11-13)23-19(27)30-15/h2-7,10-11,22H,8-9H2,1H3,(H,21,25)(H,23,27)(H,20,24,26). The number of hydrogen-bond acceptors (Lipinski definition) is 9. The van der Waals surface area contributed by atoms with E-state index in [1.807, 2.05) is 19.1 Å². The monoisotopic (exact) mass is 441 g/mol. The van der Waals surface area contributed by atoms with Crippen LogP contribution in [0.5, 0.6) is 0 Å². The van der Waals surface area contributed by atoms with E-state index in [1.165, 1.54) is 18.2 Å². The third-order valence-electron chi connectivity index (χ3n) is 4.26. The Labute approximate surface area is 177 Å². The highest BCUT2D eigenvalue weighted by atomic mass is 32.2. The van der Waals surface area contributed by atoms with Gasteiger partial charge in [-0.05, 0) is 55.0 Å². The maximum atomic E-state index is 12.4. The predicted molar refractivity (Wildman–Crippen MR) is 115 cm³/mol. The number of aryl methyl sites for hydroxylation is 1. The van der Waals surface area contributed by atoms with Crippen LogP contribution >= 0.6 is 0 Å². The number of sulfonamides is 1. The summed E-state index contributed by atoms with van der Waals surface area (Å²) in [5, 5.41) is 14.2. The molecule has 0 bridgehead atoms. The SMILES string of the molecule is Cc1ccnc(Nc2ccc(NCCNS(=O)(=O)c3ccc4oc(=O)[nH]c4c3)nn2)c1. The molecule has 0 aliphatic carbocycles. The zero-order chi connectivity index (χ0) is 21.8. The Morgan fingerprint density at radius 3 is 2.58 bits per heavy atom. The molecule has 0 unspecified atom stereocenters. The second-order valence-corrected chi connectivity index (χ2v) is 8.41. The molecule has 0 radical (unpaired) electrons. The number of benzene rings is 1. The highest BCUT2D eigenvalue weighted by Crippen LogP contribution is 2.16. The number of anilines is 3. The Hall–Kier alpha value is -3.77. The van der Waals surface area contributed by atoms with Crippen molar-refractivity contribution in [3.05, 3.63) is 64.8 Å². The van der Waals surface area contributed by atoms with E-state index >= 15 is 0 Å². The van der Waals surface area contributed by atoms with Gasteiger partial charge in [-0.1, -0.05) is 0 Å². The quantitative estimate of drug-likeness (QED) is 0.299. The lowest BCUT2D eigenvalue weighted by Crippen LogP contribution is -2.29. The van der Waals surface area contributed by atoms with E-state index in [-0.39, 0.29) is 11.4 Å². The van der Waals surface area contributed by atoms with Crippen molar-refractivity contribution in [2.24, 2.45) is 0 Å². The first-order chi connectivity index (χ1) is 14.9. The minimum absolute atomic E-state index is 0.0250. The van der Waals surface area contributed by atoms with E-state index in [1.54, 1.807) is 18.3 Å². The fourth-order valence-corrected chi connectivity index (χ4v) is 3.84. The highest BCUT2D eigenvalue weighted by molar-refractivity contribution is 7.89. The minimum Gasteiger partial charge on any atom is -0.408 e. The van der Waals surface area contributed by atoms with Gasteiger partial charge in [0.15, 0.2) is 11.4 Å². The molecule has 0 spiro atoms. The lowest BCUT2D eigenvalue weighted by Gasteiger charge is -2.09. The summed E-state index contributed by atoms with van der Waals surface area (Å²) < 4.78 is 32.2. The van der Waals surface area contributed by atoms with Crippen molar-refractivity contribution in [1.29, 1.82) is 0 Å². The molecule has 4 rings (SSSR count). The average Bonchev–Trinajstić information content (AvgIpc) is 3.12. The summed E-state index contributed by atoms with van der Waals surface area (Å²) in [4.78, 5) is 17.9. The van der Waals surface area contributed by atoms with Crippen LogP contribution in [0.25, 0.3) is 11.1 Å². The lowest BCUT2D eigenvalue weighted by atomic mass is 10.3. The minimum atomic E-state index is -3.75. The molecule has 0 amide bonds. The van der Waals surface area contributed by atoms with Gasteiger partial charge in [0.25, 0.3) is 0 Å². The molecule has 31 heavy (non-hydrogen) atoms. The first-order valence-electron chi connectivity index (χ1n) is 9.29. The van der Waals surface area contributed by atoms with E-state index in [4.69, 9.17) is 4.42 Å². The van der Waals surface area contributed by atoms with Crippen molar-refractivity contribution < 1.29 is 12.8 Å². The van der Waals surface area contributed by atoms with Gasteiger partial charge in [0.05, 0.1) is 10.4 Å². The van der Waals surface area contributed by atoms with Crippen molar-refractivity contribution in [2.45, 2.75) is 11.8 Å². The lowest BCUT2D eigenvalue weighted by molar-refractivity contribution is 0.555. The molecular formula is C19H19N7O4S. The van der Waals surface area contributed by atoms with Gasteiger partial charge in [-0.25, -0.2) is 22.9 Å². The van der Waals surface area contributed by atoms with E-state index in [9.17, 15) is 13.2 Å². The summed E-state index contributed by atoms with van der Waals surface area (Å²) in [6, 6.07) is 11.4. The van der Waals surface area contributed by atoms with Crippen molar-refractivity contribution >= 4 is 38.6 Å². The van der Waals surface area contributed by atoms with Crippen LogP contribution in [0.15, 0.2) is 62.8 Å². The molecule has 3 aromatic heterocycles. The Morgan fingerprint density at radius 1 is 1.00 bits per heavy atom. The molecule has 12 heteroatoms. The molecule has 11 nitrogen and oxygen atoms in total. The summed E-state index contributed by atoms with van der Waals surface area (Å²) in [6.07, 6.45) is 1.70. The first kappa shape index (κ1) is 20.5. The molecule has 160 valence electrons. The molecule has 4 N–H and O–H groups in total. The largest absolute Gasteiger partial charge is 0.417 e. The van der Waals surface area contributed by atoms with E-state index in [0.717, 1.165) is 5.56 Å². The fourth-order valence-electron chi connectivity index (χ4n) is 2.79. The Balaban J connectivity index is 1.30. The van der Waals surface area contributed by atoms with Gasteiger partial charge in [-0.15, -0.1) is 10.2 Å². The van der Waals surface area contributed by atoms with Crippen LogP contribution in [0.3, 0.4) is 0 Å². The number of fused-ring (bicyclic) bond motifs is 1. The van der Waals surface area contributed by atoms with Crippen LogP contribution in [0, 0.1) is 6.92 Å². The summed E-state index contributed by atoms with van der Waals surface area (Å²) in [5.74, 6) is 1.07. The summed E-state index contributed by atoms with van der Waals surface area (Å²) >= 11 is 0. The van der Waals surface area contributed by atoms with Gasteiger partial charge in [0, 0.05) is 19.3 Å². The Bertz CT molecular complexity index is 1360.